The van der Waals surface area contributed by atoms with Gasteiger partial charge >= 0.3 is 0 Å². The fraction of sp³-hybridized carbons (Fsp3) is 0.556. The number of aryl methyl sites for hydroxylation is 1. The highest BCUT2D eigenvalue weighted by molar-refractivity contribution is 8.03. The number of hydrogen-bond acceptors (Lipinski definition) is 1. The summed E-state index contributed by atoms with van der Waals surface area (Å²) in [5.74, 6) is 0.573. The molecule has 1 rings (SSSR count). The quantitative estimate of drug-likeness (QED) is 0.599. The smallest absolute Gasteiger partial charge is 0.00602 e. The van der Waals surface area contributed by atoms with Crippen molar-refractivity contribution in [3.05, 3.63) is 40.3 Å². The number of allylic oxidation sites excluding steroid dienone is 2. The monoisotopic (exact) mass is 276 g/mol. The first-order valence-corrected chi connectivity index (χ1v) is 8.34. The van der Waals surface area contributed by atoms with Gasteiger partial charge in [-0.05, 0) is 47.3 Å². The Labute approximate surface area is 123 Å². The van der Waals surface area contributed by atoms with Crippen LogP contribution < -0.4 is 0 Å². The van der Waals surface area contributed by atoms with Gasteiger partial charge in [0, 0.05) is 5.25 Å². The van der Waals surface area contributed by atoms with E-state index < -0.39 is 0 Å². The fourth-order valence-electron chi connectivity index (χ4n) is 2.45. The lowest BCUT2D eigenvalue weighted by atomic mass is 9.90. The second-order valence-corrected chi connectivity index (χ2v) is 7.12. The summed E-state index contributed by atoms with van der Waals surface area (Å²) in [6.07, 6.45) is 2.33. The predicted molar refractivity (Wildman–Crippen MR) is 90.6 cm³/mol. The minimum Gasteiger partial charge on any atom is -0.127 e. The second kappa shape index (κ2) is 7.79. The van der Waals surface area contributed by atoms with Gasteiger partial charge in [-0.2, -0.15) is 0 Å². The average molecular weight is 276 g/mol. The zero-order valence-corrected chi connectivity index (χ0v) is 14.1. The highest BCUT2D eigenvalue weighted by Gasteiger charge is 2.15. The Hall–Kier alpha value is -0.690. The first kappa shape index (κ1) is 16.4. The van der Waals surface area contributed by atoms with Crippen LogP contribution >= 0.6 is 11.8 Å². The van der Waals surface area contributed by atoms with Gasteiger partial charge in [0.1, 0.15) is 0 Å². The van der Waals surface area contributed by atoms with Crippen LogP contribution in [0.4, 0.5) is 0 Å². The van der Waals surface area contributed by atoms with Crippen molar-refractivity contribution in [1.29, 1.82) is 0 Å². The van der Waals surface area contributed by atoms with Crippen LogP contribution in [0.15, 0.2) is 29.2 Å². The second-order valence-electron chi connectivity index (χ2n) is 5.47. The zero-order valence-electron chi connectivity index (χ0n) is 13.3. The van der Waals surface area contributed by atoms with Gasteiger partial charge in [-0.1, -0.05) is 58.9 Å². The van der Waals surface area contributed by atoms with Crippen LogP contribution in [0.3, 0.4) is 0 Å². The van der Waals surface area contributed by atoms with E-state index in [1.165, 1.54) is 28.0 Å². The topological polar surface area (TPSA) is 0 Å². The SMILES string of the molecule is CCc1ccccc1/C(=C(\C)SC(C)CC)C(C)C. The molecule has 0 radical (unpaired) electrons. The van der Waals surface area contributed by atoms with Crippen molar-refractivity contribution in [2.75, 3.05) is 0 Å². The number of rotatable bonds is 6. The molecule has 1 atom stereocenters. The Morgan fingerprint density at radius 1 is 1.11 bits per heavy atom. The molecule has 0 aromatic heterocycles. The summed E-state index contributed by atoms with van der Waals surface area (Å²) in [6, 6.07) is 8.86. The van der Waals surface area contributed by atoms with E-state index in [1.807, 2.05) is 11.8 Å². The lowest BCUT2D eigenvalue weighted by molar-refractivity contribution is 0.848. The predicted octanol–water partition coefficient (Wildman–Crippen LogP) is 6.17. The molecule has 1 unspecified atom stereocenters. The van der Waals surface area contributed by atoms with Crippen LogP contribution in [0.2, 0.25) is 0 Å². The van der Waals surface area contributed by atoms with E-state index in [1.54, 1.807) is 0 Å². The summed E-state index contributed by atoms with van der Waals surface area (Å²) >= 11 is 2.03. The third kappa shape index (κ3) is 4.42. The standard InChI is InChI=1S/C18H28S/c1-7-14(5)19-15(6)18(13(3)4)17-12-10-9-11-16(17)8-2/h9-14H,7-8H2,1-6H3/b18-15+. The molecule has 1 heteroatoms. The van der Waals surface area contributed by atoms with Crippen LogP contribution in [-0.2, 0) is 6.42 Å². The first-order chi connectivity index (χ1) is 9.01. The Bertz CT molecular complexity index is 429. The van der Waals surface area contributed by atoms with E-state index in [0.717, 1.165) is 6.42 Å². The molecule has 1 aromatic rings. The zero-order chi connectivity index (χ0) is 14.4. The third-order valence-corrected chi connectivity index (χ3v) is 4.91. The summed E-state index contributed by atoms with van der Waals surface area (Å²) in [6.45, 7) is 13.7. The molecule has 0 fully saturated rings. The summed E-state index contributed by atoms with van der Waals surface area (Å²) in [5, 5.41) is 0.697. The van der Waals surface area contributed by atoms with Gasteiger partial charge < -0.3 is 0 Å². The molecular formula is C18H28S. The van der Waals surface area contributed by atoms with Crippen molar-refractivity contribution in [3.63, 3.8) is 0 Å². The molecule has 0 bridgehead atoms. The molecule has 0 N–H and O–H groups in total. The molecule has 0 aliphatic heterocycles. The molecule has 106 valence electrons. The van der Waals surface area contributed by atoms with Gasteiger partial charge in [-0.3, -0.25) is 0 Å². The first-order valence-electron chi connectivity index (χ1n) is 7.46. The molecular weight excluding hydrogens is 248 g/mol. The normalized spacial score (nSPS) is 14.5. The molecule has 0 aliphatic rings. The van der Waals surface area contributed by atoms with Crippen molar-refractivity contribution in [3.8, 4) is 0 Å². The Kier molecular flexibility index (Phi) is 6.71. The van der Waals surface area contributed by atoms with Crippen molar-refractivity contribution in [2.24, 2.45) is 5.92 Å². The van der Waals surface area contributed by atoms with E-state index in [2.05, 4.69) is 65.8 Å². The molecule has 19 heavy (non-hydrogen) atoms. The van der Waals surface area contributed by atoms with Crippen LogP contribution in [0.5, 0.6) is 0 Å². The van der Waals surface area contributed by atoms with E-state index >= 15 is 0 Å². The minimum absolute atomic E-state index is 0.573. The lowest BCUT2D eigenvalue weighted by Gasteiger charge is -2.20. The number of hydrogen-bond donors (Lipinski definition) is 0. The van der Waals surface area contributed by atoms with Crippen molar-refractivity contribution in [1.82, 2.24) is 0 Å². The highest BCUT2D eigenvalue weighted by Crippen LogP contribution is 2.36. The van der Waals surface area contributed by atoms with Crippen LogP contribution in [-0.4, -0.2) is 5.25 Å². The Morgan fingerprint density at radius 3 is 2.26 bits per heavy atom. The van der Waals surface area contributed by atoms with Gasteiger partial charge in [0.2, 0.25) is 0 Å². The van der Waals surface area contributed by atoms with Crippen LogP contribution in [0, 0.1) is 5.92 Å². The Morgan fingerprint density at radius 2 is 1.74 bits per heavy atom. The van der Waals surface area contributed by atoms with Gasteiger partial charge in [-0.25, -0.2) is 0 Å². The fourth-order valence-corrected chi connectivity index (χ4v) is 3.69. The van der Waals surface area contributed by atoms with Crippen LogP contribution in [0.1, 0.15) is 59.1 Å². The largest absolute Gasteiger partial charge is 0.127 e. The molecule has 0 nitrogen and oxygen atoms in total. The number of benzene rings is 1. The maximum absolute atomic E-state index is 2.32. The summed E-state index contributed by atoms with van der Waals surface area (Å²) in [7, 11) is 0. The van der Waals surface area contributed by atoms with E-state index in [9.17, 15) is 0 Å². The average Bonchev–Trinajstić information content (AvgIpc) is 2.38. The van der Waals surface area contributed by atoms with Crippen LogP contribution in [0.25, 0.3) is 5.57 Å². The van der Waals surface area contributed by atoms with Gasteiger partial charge in [0.15, 0.2) is 0 Å². The van der Waals surface area contributed by atoms with E-state index in [-0.39, 0.29) is 0 Å². The maximum atomic E-state index is 2.32. The summed E-state index contributed by atoms with van der Waals surface area (Å²) in [4.78, 5) is 1.49. The summed E-state index contributed by atoms with van der Waals surface area (Å²) < 4.78 is 0. The number of thioether (sulfide) groups is 1. The minimum atomic E-state index is 0.573. The third-order valence-electron chi connectivity index (χ3n) is 3.60. The van der Waals surface area contributed by atoms with E-state index in [0.29, 0.717) is 11.2 Å². The van der Waals surface area contributed by atoms with Crippen molar-refractivity contribution >= 4 is 17.3 Å². The molecule has 0 spiro atoms. The van der Waals surface area contributed by atoms with Gasteiger partial charge in [-0.15, -0.1) is 11.8 Å². The molecule has 0 saturated carbocycles. The highest BCUT2D eigenvalue weighted by atomic mass is 32.2. The van der Waals surface area contributed by atoms with E-state index in [4.69, 9.17) is 0 Å². The molecule has 1 aromatic carbocycles. The maximum Gasteiger partial charge on any atom is 0.00602 e. The molecule has 0 saturated heterocycles. The molecule has 0 aliphatic carbocycles. The lowest BCUT2D eigenvalue weighted by Crippen LogP contribution is -2.02. The molecule has 0 heterocycles. The summed E-state index contributed by atoms with van der Waals surface area (Å²) in [5.41, 5.74) is 4.45. The molecule has 0 amide bonds. The Balaban J connectivity index is 3.23. The van der Waals surface area contributed by atoms with Gasteiger partial charge in [0.25, 0.3) is 0 Å². The van der Waals surface area contributed by atoms with Crippen molar-refractivity contribution in [2.45, 2.75) is 59.6 Å². The van der Waals surface area contributed by atoms with Gasteiger partial charge in [0.05, 0.1) is 0 Å². The van der Waals surface area contributed by atoms with Crippen molar-refractivity contribution < 1.29 is 0 Å².